The molecule has 0 saturated heterocycles. The van der Waals surface area contributed by atoms with Crippen LogP contribution in [-0.4, -0.2) is 33.9 Å². The Morgan fingerprint density at radius 3 is 1.39 bits per heavy atom. The Hall–Kier alpha value is -1.52. The van der Waals surface area contributed by atoms with Gasteiger partial charge in [0.1, 0.15) is 0 Å². The van der Waals surface area contributed by atoms with Crippen molar-refractivity contribution in [2.75, 3.05) is 0 Å². The molecule has 0 unspecified atom stereocenters. The summed E-state index contributed by atoms with van der Waals surface area (Å²) in [6.45, 7) is 5.26. The van der Waals surface area contributed by atoms with Gasteiger partial charge in [0.2, 0.25) is 0 Å². The van der Waals surface area contributed by atoms with E-state index in [0.29, 0.717) is 0 Å². The Kier molecular flexibility index (Phi) is 7.05. The van der Waals surface area contributed by atoms with Crippen molar-refractivity contribution in [2.24, 2.45) is 0 Å². The van der Waals surface area contributed by atoms with Gasteiger partial charge in [-0.2, -0.15) is 0 Å². The first-order valence-electron chi connectivity index (χ1n) is 10.1. The van der Waals surface area contributed by atoms with E-state index in [1.54, 1.807) is 5.47 Å². The van der Waals surface area contributed by atoms with Crippen molar-refractivity contribution in [3.8, 4) is 0 Å². The molecule has 0 bridgehead atoms. The average molecular weight is 488 g/mol. The van der Waals surface area contributed by atoms with Crippen LogP contribution in [0.3, 0.4) is 0 Å². The van der Waals surface area contributed by atoms with Gasteiger partial charge in [0, 0.05) is 0 Å². The zero-order valence-corrected chi connectivity index (χ0v) is 21.6. The van der Waals surface area contributed by atoms with Crippen molar-refractivity contribution in [3.63, 3.8) is 0 Å². The summed E-state index contributed by atoms with van der Waals surface area (Å²) in [6.07, 6.45) is 0. The van der Waals surface area contributed by atoms with Gasteiger partial charge in [-0.1, -0.05) is 0 Å². The van der Waals surface area contributed by atoms with E-state index in [0.717, 1.165) is 0 Å². The van der Waals surface area contributed by atoms with Crippen LogP contribution in [0.5, 0.6) is 0 Å². The second kappa shape index (κ2) is 9.32. The molecule has 3 aromatic rings. The monoisotopic (exact) mass is 489 g/mol. The fraction of sp³-hybridized carbons (Fsp3) is 0.200. The van der Waals surface area contributed by atoms with Crippen molar-refractivity contribution < 1.29 is 0 Å². The standard InChI is InChI=1S/C22H21BSi.3CH3.Sn/c1-24(2)18-22(19-12-6-3-7-13-19)23(20-14-8-4-9-15-20)21-16-10-5-11-17-21;;;;/h3-17H,1-2H3;3*1H3;. The normalized spacial score (nSPS) is 12.6. The van der Waals surface area contributed by atoms with Crippen LogP contribution in [0.2, 0.25) is 27.9 Å². The summed E-state index contributed by atoms with van der Waals surface area (Å²) in [4.78, 5) is 7.74. The quantitative estimate of drug-likeness (QED) is 0.405. The van der Waals surface area contributed by atoms with E-state index < -0.39 is 27.2 Å². The molecule has 141 valence electrons. The van der Waals surface area contributed by atoms with Gasteiger partial charge >= 0.3 is 178 Å². The van der Waals surface area contributed by atoms with Crippen LogP contribution < -0.4 is 10.9 Å². The Morgan fingerprint density at radius 2 is 1.04 bits per heavy atom. The molecular weight excluding hydrogens is 458 g/mol. The summed E-state index contributed by atoms with van der Waals surface area (Å²) in [7, 11) is -0.562. The van der Waals surface area contributed by atoms with Gasteiger partial charge in [0.15, 0.2) is 0 Å². The third-order valence-corrected chi connectivity index (χ3v) is 20.8. The third-order valence-electron chi connectivity index (χ3n) is 5.16. The van der Waals surface area contributed by atoms with Gasteiger partial charge in [-0.05, 0) is 0 Å². The zero-order chi connectivity index (χ0) is 20.1. The average Bonchev–Trinajstić information content (AvgIpc) is 2.68. The van der Waals surface area contributed by atoms with Gasteiger partial charge < -0.3 is 0 Å². The van der Waals surface area contributed by atoms with Crippen molar-refractivity contribution >= 4 is 50.3 Å². The van der Waals surface area contributed by atoms with Crippen molar-refractivity contribution in [1.29, 1.82) is 0 Å². The summed E-state index contributed by atoms with van der Waals surface area (Å²) >= 11 is -2.33. The van der Waals surface area contributed by atoms with E-state index in [1.807, 2.05) is 3.21 Å². The van der Waals surface area contributed by atoms with Gasteiger partial charge in [-0.25, -0.2) is 0 Å². The number of hydrogen-bond donors (Lipinski definition) is 0. The molecule has 1 radical (unpaired) electrons. The van der Waals surface area contributed by atoms with Crippen molar-refractivity contribution in [3.05, 3.63) is 99.8 Å². The molecule has 0 saturated carbocycles. The molecular formula is C25H30BSiSn. The van der Waals surface area contributed by atoms with Crippen LogP contribution >= 0.6 is 0 Å². The number of benzene rings is 3. The zero-order valence-electron chi connectivity index (χ0n) is 17.7. The van der Waals surface area contributed by atoms with Crippen molar-refractivity contribution in [1.82, 2.24) is 0 Å². The first-order chi connectivity index (χ1) is 13.4. The van der Waals surface area contributed by atoms with E-state index in [-0.39, 0.29) is 6.71 Å². The Morgan fingerprint density at radius 1 is 0.643 bits per heavy atom. The van der Waals surface area contributed by atoms with E-state index >= 15 is 0 Å². The molecule has 0 aliphatic heterocycles. The van der Waals surface area contributed by atoms with Crippen LogP contribution in [0.15, 0.2) is 94.2 Å². The first-order valence-corrected chi connectivity index (χ1v) is 22.6. The van der Waals surface area contributed by atoms with E-state index in [2.05, 4.69) is 119 Å². The molecule has 0 aliphatic rings. The molecule has 0 amide bonds. The Bertz CT molecular complexity index is 874. The van der Waals surface area contributed by atoms with Crippen LogP contribution in [0.1, 0.15) is 5.56 Å². The van der Waals surface area contributed by atoms with Crippen LogP contribution in [0, 0.1) is 0 Å². The van der Waals surface area contributed by atoms with Gasteiger partial charge in [0.05, 0.1) is 0 Å². The molecule has 0 fully saturated rings. The molecule has 0 atom stereocenters. The fourth-order valence-corrected chi connectivity index (χ4v) is 22.6. The summed E-state index contributed by atoms with van der Waals surface area (Å²) < 4.78 is 1.84. The van der Waals surface area contributed by atoms with E-state index in [4.69, 9.17) is 0 Å². The van der Waals surface area contributed by atoms with E-state index in [9.17, 15) is 0 Å². The predicted octanol–water partition coefficient (Wildman–Crippen LogP) is 5.46. The molecule has 3 heteroatoms. The van der Waals surface area contributed by atoms with Crippen molar-refractivity contribution in [2.45, 2.75) is 27.9 Å². The fourth-order valence-electron chi connectivity index (χ4n) is 4.31. The Labute approximate surface area is 177 Å². The Balaban J connectivity index is 2.39. The minimum atomic E-state index is -2.33. The van der Waals surface area contributed by atoms with Crippen LogP contribution in [0.4, 0.5) is 0 Å². The summed E-state index contributed by atoms with van der Waals surface area (Å²) in [6, 6.07) is 33.3. The second-order valence-corrected chi connectivity index (χ2v) is 26.9. The first kappa shape index (κ1) is 21.2. The van der Waals surface area contributed by atoms with Gasteiger partial charge in [0.25, 0.3) is 0 Å². The molecule has 0 aliphatic carbocycles. The SMILES string of the molecule is C[Si](C)/[C](=C(/B(c1ccccc1)c1ccccc1)c1ccccc1)[Sn]([CH3])([CH3])[CH3]. The molecule has 0 spiro atoms. The van der Waals surface area contributed by atoms with Gasteiger partial charge in [-0.15, -0.1) is 0 Å². The molecule has 0 heterocycles. The summed E-state index contributed by atoms with van der Waals surface area (Å²) in [5.74, 6) is 0. The van der Waals surface area contributed by atoms with E-state index in [1.165, 1.54) is 16.5 Å². The molecule has 0 N–H and O–H groups in total. The maximum absolute atomic E-state index is 2.58. The topological polar surface area (TPSA) is 0 Å². The van der Waals surface area contributed by atoms with Crippen LogP contribution in [0.25, 0.3) is 5.47 Å². The number of rotatable bonds is 6. The van der Waals surface area contributed by atoms with Gasteiger partial charge in [-0.3, -0.25) is 0 Å². The summed E-state index contributed by atoms with van der Waals surface area (Å²) in [5, 5.41) is 0. The molecule has 28 heavy (non-hydrogen) atoms. The minimum absolute atomic E-state index is 0.288. The molecule has 3 aromatic carbocycles. The molecule has 0 nitrogen and oxygen atoms in total. The predicted molar refractivity (Wildman–Crippen MR) is 132 cm³/mol. The third kappa shape index (κ3) is 4.90. The maximum atomic E-state index is 2.58. The second-order valence-electron chi connectivity index (χ2n) is 8.66. The molecule has 3 rings (SSSR count). The molecule has 0 aromatic heterocycles. The number of hydrogen-bond acceptors (Lipinski definition) is 0. The summed E-state index contributed by atoms with van der Waals surface area (Å²) in [5.41, 5.74) is 5.76. The van der Waals surface area contributed by atoms with Crippen LogP contribution in [-0.2, 0) is 0 Å².